The summed E-state index contributed by atoms with van der Waals surface area (Å²) in [4.78, 5) is 17.0. The molecule has 5 heteroatoms. The van der Waals surface area contributed by atoms with E-state index in [2.05, 4.69) is 22.2 Å². The molecule has 124 valence electrons. The molecule has 0 bridgehead atoms. The van der Waals surface area contributed by atoms with Crippen molar-refractivity contribution < 1.29 is 4.74 Å². The van der Waals surface area contributed by atoms with Crippen LogP contribution in [0, 0.1) is 0 Å². The summed E-state index contributed by atoms with van der Waals surface area (Å²) < 4.78 is 6.71. The van der Waals surface area contributed by atoms with Crippen molar-refractivity contribution in [2.45, 2.75) is 6.42 Å². The largest absolute Gasteiger partial charge is 0.497 e. The highest BCUT2D eigenvalue weighted by Gasteiger charge is 2.12. The number of pyridine rings is 1. The Morgan fingerprint density at radius 2 is 1.80 bits per heavy atom. The third kappa shape index (κ3) is 2.80. The molecule has 4 rings (SSSR count). The van der Waals surface area contributed by atoms with Crippen molar-refractivity contribution in [2.24, 2.45) is 0 Å². The van der Waals surface area contributed by atoms with Gasteiger partial charge in [0.1, 0.15) is 5.75 Å². The number of fused-ring (bicyclic) bond motifs is 1. The number of nitrogens with one attached hydrogen (secondary N) is 1. The Bertz CT molecular complexity index is 1060. The van der Waals surface area contributed by atoms with E-state index in [4.69, 9.17) is 4.74 Å². The van der Waals surface area contributed by atoms with Gasteiger partial charge in [0.25, 0.3) is 5.56 Å². The molecule has 0 fully saturated rings. The Morgan fingerprint density at radius 1 is 1.04 bits per heavy atom. The van der Waals surface area contributed by atoms with E-state index < -0.39 is 0 Å². The minimum absolute atomic E-state index is 0.109. The van der Waals surface area contributed by atoms with E-state index in [1.54, 1.807) is 18.0 Å². The Hall–Kier alpha value is -3.34. The molecule has 0 amide bonds. The molecule has 0 unspecified atom stereocenters. The molecule has 0 saturated carbocycles. The molecule has 25 heavy (non-hydrogen) atoms. The van der Waals surface area contributed by atoms with Gasteiger partial charge in [0, 0.05) is 24.4 Å². The van der Waals surface area contributed by atoms with Crippen LogP contribution < -0.4 is 10.3 Å². The van der Waals surface area contributed by atoms with Crippen LogP contribution in [0.4, 0.5) is 0 Å². The third-order valence-electron chi connectivity index (χ3n) is 4.25. The molecule has 0 aliphatic rings. The predicted octanol–water partition coefficient (Wildman–Crippen LogP) is 3.31. The molecular weight excluding hydrogens is 314 g/mol. The summed E-state index contributed by atoms with van der Waals surface area (Å²) in [7, 11) is 1.62. The summed E-state index contributed by atoms with van der Waals surface area (Å²) in [6.07, 6.45) is 4.14. The van der Waals surface area contributed by atoms with Gasteiger partial charge in [-0.05, 0) is 29.8 Å². The van der Waals surface area contributed by atoms with Crippen LogP contribution in [0.25, 0.3) is 16.6 Å². The summed E-state index contributed by atoms with van der Waals surface area (Å²) >= 11 is 0. The van der Waals surface area contributed by atoms with Crippen LogP contribution in [0.3, 0.4) is 0 Å². The highest BCUT2D eigenvalue weighted by molar-refractivity contribution is 5.81. The van der Waals surface area contributed by atoms with Crippen molar-refractivity contribution in [2.75, 3.05) is 7.11 Å². The first kappa shape index (κ1) is 15.2. The van der Waals surface area contributed by atoms with E-state index in [-0.39, 0.29) is 5.56 Å². The fraction of sp³-hybridized carbons (Fsp3) is 0.100. The zero-order valence-corrected chi connectivity index (χ0v) is 13.8. The molecule has 5 nitrogen and oxygen atoms in total. The summed E-state index contributed by atoms with van der Waals surface area (Å²) in [5.74, 6) is 0.749. The second-order valence-corrected chi connectivity index (χ2v) is 5.83. The van der Waals surface area contributed by atoms with Gasteiger partial charge in [0.2, 0.25) is 0 Å². The van der Waals surface area contributed by atoms with Gasteiger partial charge in [0.05, 0.1) is 23.7 Å². The number of aromatic amines is 1. The molecule has 0 saturated heterocycles. The Kier molecular flexibility index (Phi) is 3.82. The van der Waals surface area contributed by atoms with Crippen LogP contribution >= 0.6 is 0 Å². The van der Waals surface area contributed by atoms with Crippen LogP contribution in [0.2, 0.25) is 0 Å². The van der Waals surface area contributed by atoms with Gasteiger partial charge in [0.15, 0.2) is 0 Å². The summed E-state index contributed by atoms with van der Waals surface area (Å²) in [6.45, 7) is 0. The molecule has 0 spiro atoms. The highest BCUT2D eigenvalue weighted by atomic mass is 16.5. The number of benzene rings is 2. The predicted molar refractivity (Wildman–Crippen MR) is 97.5 cm³/mol. The maximum atomic E-state index is 12.7. The number of aromatic nitrogens is 3. The molecule has 2 aromatic heterocycles. The fourth-order valence-corrected chi connectivity index (χ4v) is 2.94. The highest BCUT2D eigenvalue weighted by Crippen LogP contribution is 2.19. The zero-order valence-electron chi connectivity index (χ0n) is 13.8. The van der Waals surface area contributed by atoms with E-state index in [0.29, 0.717) is 11.8 Å². The van der Waals surface area contributed by atoms with E-state index in [9.17, 15) is 4.79 Å². The second-order valence-electron chi connectivity index (χ2n) is 5.83. The molecule has 0 aliphatic heterocycles. The number of methoxy groups -OCH3 is 1. The van der Waals surface area contributed by atoms with E-state index in [1.165, 1.54) is 5.56 Å². The average molecular weight is 331 g/mol. The van der Waals surface area contributed by atoms with Crippen molar-refractivity contribution in [3.63, 3.8) is 0 Å². The second kappa shape index (κ2) is 6.28. The maximum absolute atomic E-state index is 12.7. The zero-order chi connectivity index (χ0) is 17.2. The van der Waals surface area contributed by atoms with Crippen LogP contribution in [0.1, 0.15) is 11.1 Å². The molecule has 1 N–H and O–H groups in total. The SMILES string of the molecule is COc1ccc(-n2[nH]c3c(Cc4ccccc4)cncc3c2=O)cc1. The van der Waals surface area contributed by atoms with Gasteiger partial charge in [-0.3, -0.25) is 14.9 Å². The van der Waals surface area contributed by atoms with E-state index in [0.717, 1.165) is 22.5 Å². The third-order valence-corrected chi connectivity index (χ3v) is 4.25. The summed E-state index contributed by atoms with van der Waals surface area (Å²) in [6, 6.07) is 17.5. The molecular formula is C20H17N3O2. The summed E-state index contributed by atoms with van der Waals surface area (Å²) in [5, 5.41) is 3.82. The van der Waals surface area contributed by atoms with Crippen LogP contribution in [-0.2, 0) is 6.42 Å². The number of H-pyrrole nitrogens is 1. The van der Waals surface area contributed by atoms with Gasteiger partial charge in [-0.1, -0.05) is 30.3 Å². The molecule has 2 heterocycles. The minimum Gasteiger partial charge on any atom is -0.497 e. The first-order valence-corrected chi connectivity index (χ1v) is 8.02. The molecule has 2 aromatic carbocycles. The Labute approximate surface area is 144 Å². The summed E-state index contributed by atoms with van der Waals surface area (Å²) in [5.41, 5.74) is 3.64. The van der Waals surface area contributed by atoms with Crippen LogP contribution in [-0.4, -0.2) is 21.9 Å². The maximum Gasteiger partial charge on any atom is 0.280 e. The standard InChI is InChI=1S/C20H17N3O2/c1-25-17-9-7-16(8-10-17)23-20(24)18-13-21-12-15(19(18)22-23)11-14-5-3-2-4-6-14/h2-10,12-13,22H,11H2,1H3. The Morgan fingerprint density at radius 3 is 2.52 bits per heavy atom. The number of hydrogen-bond acceptors (Lipinski definition) is 3. The lowest BCUT2D eigenvalue weighted by molar-refractivity contribution is 0.414. The lowest BCUT2D eigenvalue weighted by Crippen LogP contribution is -2.14. The monoisotopic (exact) mass is 331 g/mol. The number of rotatable bonds is 4. The van der Waals surface area contributed by atoms with Crippen molar-refractivity contribution in [3.05, 3.63) is 88.5 Å². The van der Waals surface area contributed by atoms with E-state index in [1.807, 2.05) is 48.7 Å². The average Bonchev–Trinajstić information content (AvgIpc) is 3.01. The Balaban J connectivity index is 1.81. The van der Waals surface area contributed by atoms with Crippen molar-refractivity contribution in [3.8, 4) is 11.4 Å². The lowest BCUT2D eigenvalue weighted by Gasteiger charge is -2.04. The quantitative estimate of drug-likeness (QED) is 0.624. The van der Waals surface area contributed by atoms with Crippen molar-refractivity contribution >= 4 is 10.9 Å². The smallest absolute Gasteiger partial charge is 0.280 e. The van der Waals surface area contributed by atoms with Gasteiger partial charge in [-0.25, -0.2) is 4.68 Å². The van der Waals surface area contributed by atoms with Crippen LogP contribution in [0.5, 0.6) is 5.75 Å². The van der Waals surface area contributed by atoms with Gasteiger partial charge in [-0.2, -0.15) is 0 Å². The van der Waals surface area contributed by atoms with E-state index >= 15 is 0 Å². The molecule has 4 aromatic rings. The fourth-order valence-electron chi connectivity index (χ4n) is 2.94. The van der Waals surface area contributed by atoms with Crippen molar-refractivity contribution in [1.29, 1.82) is 0 Å². The van der Waals surface area contributed by atoms with Crippen molar-refractivity contribution in [1.82, 2.24) is 14.8 Å². The van der Waals surface area contributed by atoms with Gasteiger partial charge >= 0.3 is 0 Å². The molecule has 0 radical (unpaired) electrons. The number of nitrogens with zero attached hydrogens (tertiary/aromatic N) is 2. The number of ether oxygens (including phenoxy) is 1. The number of hydrogen-bond donors (Lipinski definition) is 1. The van der Waals surface area contributed by atoms with Gasteiger partial charge < -0.3 is 4.74 Å². The topological polar surface area (TPSA) is 59.9 Å². The first-order chi connectivity index (χ1) is 12.3. The first-order valence-electron chi connectivity index (χ1n) is 8.02. The molecule has 0 aliphatic carbocycles. The van der Waals surface area contributed by atoms with Gasteiger partial charge in [-0.15, -0.1) is 0 Å². The molecule has 0 atom stereocenters. The lowest BCUT2D eigenvalue weighted by atomic mass is 10.1. The van der Waals surface area contributed by atoms with Crippen LogP contribution in [0.15, 0.2) is 71.8 Å². The minimum atomic E-state index is -0.109. The normalized spacial score (nSPS) is 10.9.